The average Bonchev–Trinajstić information content (AvgIpc) is 2.17. The first-order valence-electron chi connectivity index (χ1n) is 3.52. The van der Waals surface area contributed by atoms with Crippen molar-refractivity contribution in [2.24, 2.45) is 0 Å². The number of nitrogens with two attached hydrogens (primary N) is 1. The number of methoxy groups -OCH3 is 1. The van der Waals surface area contributed by atoms with Gasteiger partial charge in [0.1, 0.15) is 0 Å². The number of anilines is 1. The monoisotopic (exact) mass is 177 g/mol. The molecule has 0 atom stereocenters. The molecule has 0 amide bonds. The Hall–Kier alpha value is -1.72. The molecule has 0 bridgehead atoms. The Balaban J connectivity index is 3.18. The van der Waals surface area contributed by atoms with Crippen LogP contribution in [0.3, 0.4) is 0 Å². The molecule has 1 heterocycles. The van der Waals surface area contributed by atoms with Crippen molar-refractivity contribution in [3.63, 3.8) is 0 Å². The predicted octanol–water partition coefficient (Wildman–Crippen LogP) is -1.39. The zero-order chi connectivity index (χ0) is 9.84. The van der Waals surface area contributed by atoms with Gasteiger partial charge < -0.3 is 0 Å². The van der Waals surface area contributed by atoms with Crippen LogP contribution >= 0.6 is 0 Å². The van der Waals surface area contributed by atoms with Crippen LogP contribution in [0.25, 0.3) is 0 Å². The van der Waals surface area contributed by atoms with Gasteiger partial charge in [-0.2, -0.15) is 0 Å². The van der Waals surface area contributed by atoms with Crippen molar-refractivity contribution in [2.75, 3.05) is 12.8 Å². The quantitative estimate of drug-likeness (QED) is 0.444. The fraction of sp³-hybridized carbons (Fsp3) is 0.143. The fourth-order valence-electron chi connectivity index (χ4n) is 0.757. The molecule has 6 heteroatoms. The van der Waals surface area contributed by atoms with Gasteiger partial charge in [-0.05, 0) is 0 Å². The maximum absolute atomic E-state index is 11.1. The van der Waals surface area contributed by atoms with E-state index in [-0.39, 0.29) is 11.5 Å². The summed E-state index contributed by atoms with van der Waals surface area (Å²) in [5.41, 5.74) is 5.91. The van der Waals surface area contributed by atoms with Gasteiger partial charge in [-0.3, -0.25) is 0 Å². The number of hydrogen-bond acceptors (Lipinski definition) is 5. The van der Waals surface area contributed by atoms with Gasteiger partial charge in [0.05, 0.1) is 0 Å². The normalized spacial score (nSPS) is 9.00. The van der Waals surface area contributed by atoms with E-state index in [1.54, 1.807) is 0 Å². The minimum absolute atomic E-state index is 0.0138. The summed E-state index contributed by atoms with van der Waals surface area (Å²) in [6, 6.07) is 0. The number of esters is 1. The van der Waals surface area contributed by atoms with Crippen LogP contribution in [-0.2, 0) is 4.74 Å². The van der Waals surface area contributed by atoms with E-state index < -0.39 is 5.97 Å². The standard InChI is InChI=1S/C7H8BN3O2/c1-8-4-3-10-6(9)5(11-4)7(12)13-2/h3H,1H2,2H3,(H2,9,10). The van der Waals surface area contributed by atoms with Gasteiger partial charge in [0, 0.05) is 0 Å². The number of rotatable bonds is 2. The van der Waals surface area contributed by atoms with Gasteiger partial charge in [-0.1, -0.05) is 0 Å². The molecule has 0 saturated carbocycles. The second-order valence-corrected chi connectivity index (χ2v) is 2.22. The fourth-order valence-corrected chi connectivity index (χ4v) is 0.757. The van der Waals surface area contributed by atoms with E-state index in [1.165, 1.54) is 20.2 Å². The molecule has 0 saturated heterocycles. The summed E-state index contributed by atoms with van der Waals surface area (Å²) in [5.74, 6) is -0.550. The second-order valence-electron chi connectivity index (χ2n) is 2.22. The number of aromatic nitrogens is 2. The molecule has 0 aliphatic heterocycles. The predicted molar refractivity (Wildman–Crippen MR) is 50.3 cm³/mol. The van der Waals surface area contributed by atoms with Crippen molar-refractivity contribution in [1.29, 1.82) is 0 Å². The van der Waals surface area contributed by atoms with Crippen LogP contribution in [0, 0.1) is 0 Å². The van der Waals surface area contributed by atoms with Crippen LogP contribution in [0.4, 0.5) is 5.82 Å². The summed E-state index contributed by atoms with van der Waals surface area (Å²) in [4.78, 5) is 18.7. The number of carbonyl (C=O) groups is 1. The zero-order valence-corrected chi connectivity index (χ0v) is 7.15. The molecule has 0 radical (unpaired) electrons. The van der Waals surface area contributed by atoms with E-state index in [1.807, 2.05) is 0 Å². The molecule has 2 N–H and O–H groups in total. The molecule has 1 aromatic rings. The molecular weight excluding hydrogens is 169 g/mol. The summed E-state index contributed by atoms with van der Waals surface area (Å²) >= 11 is 0. The summed E-state index contributed by atoms with van der Waals surface area (Å²) in [5, 5.41) is 0. The van der Waals surface area contributed by atoms with Crippen molar-refractivity contribution in [3.05, 3.63) is 11.9 Å². The number of ether oxygens (including phenoxy) is 1. The molecule has 0 aliphatic carbocycles. The van der Waals surface area contributed by atoms with Gasteiger partial charge in [-0.25, -0.2) is 0 Å². The third kappa shape index (κ3) is 1.90. The topological polar surface area (TPSA) is 78.1 Å². The maximum atomic E-state index is 11.1. The second kappa shape index (κ2) is 3.80. The van der Waals surface area contributed by atoms with Gasteiger partial charge in [0.2, 0.25) is 0 Å². The summed E-state index contributed by atoms with van der Waals surface area (Å²) in [7, 11) is 1.25. The van der Waals surface area contributed by atoms with E-state index in [4.69, 9.17) is 5.73 Å². The number of nitrogens with zero attached hydrogens (tertiary/aromatic N) is 2. The van der Waals surface area contributed by atoms with Crippen molar-refractivity contribution in [1.82, 2.24) is 9.97 Å². The Morgan fingerprint density at radius 3 is 3.00 bits per heavy atom. The molecule has 0 unspecified atom stereocenters. The molecule has 0 aromatic carbocycles. The third-order valence-electron chi connectivity index (χ3n) is 1.41. The molecular formula is C7H8BN3O2. The van der Waals surface area contributed by atoms with Gasteiger partial charge in [0.15, 0.2) is 0 Å². The minimum atomic E-state index is -0.603. The number of nitrogen functional groups attached to an aromatic ring is 1. The van der Waals surface area contributed by atoms with Gasteiger partial charge in [0.25, 0.3) is 0 Å². The number of hydrogen-bond donors (Lipinski definition) is 1. The van der Waals surface area contributed by atoms with E-state index in [9.17, 15) is 4.79 Å². The van der Waals surface area contributed by atoms with Gasteiger partial charge >= 0.3 is 75.0 Å². The molecule has 0 aliphatic rings. The van der Waals surface area contributed by atoms with Crippen LogP contribution in [-0.4, -0.2) is 36.4 Å². The molecule has 1 aromatic heterocycles. The first-order valence-corrected chi connectivity index (χ1v) is 3.52. The Labute approximate surface area is 75.9 Å². The Morgan fingerprint density at radius 2 is 2.46 bits per heavy atom. The average molecular weight is 177 g/mol. The van der Waals surface area contributed by atoms with E-state index >= 15 is 0 Å². The molecule has 1 rings (SSSR count). The number of carbonyl (C=O) groups excluding carboxylic acids is 1. The Morgan fingerprint density at radius 1 is 1.77 bits per heavy atom. The van der Waals surface area contributed by atoms with Crippen molar-refractivity contribution in [3.8, 4) is 0 Å². The van der Waals surface area contributed by atoms with Crippen molar-refractivity contribution >= 4 is 30.8 Å². The molecule has 0 spiro atoms. The summed E-state index contributed by atoms with van der Waals surface area (Å²) < 4.78 is 4.46. The summed E-state index contributed by atoms with van der Waals surface area (Å²) in [6.07, 6.45) is 1.43. The molecule has 5 nitrogen and oxygen atoms in total. The molecule has 13 heavy (non-hydrogen) atoms. The Bertz CT molecular complexity index is 354. The van der Waals surface area contributed by atoms with E-state index in [0.717, 1.165) is 0 Å². The molecule has 0 fully saturated rings. The van der Waals surface area contributed by atoms with Gasteiger partial charge in [-0.15, -0.1) is 0 Å². The van der Waals surface area contributed by atoms with Crippen molar-refractivity contribution < 1.29 is 9.53 Å². The first-order chi connectivity index (χ1) is 6.19. The van der Waals surface area contributed by atoms with Crippen LogP contribution in [0.2, 0.25) is 0 Å². The first kappa shape index (κ1) is 9.37. The van der Waals surface area contributed by atoms with Crippen LogP contribution in [0.5, 0.6) is 0 Å². The van der Waals surface area contributed by atoms with E-state index in [0.29, 0.717) is 5.59 Å². The van der Waals surface area contributed by atoms with Crippen LogP contribution in [0.15, 0.2) is 6.20 Å². The Kier molecular flexibility index (Phi) is 2.74. The van der Waals surface area contributed by atoms with E-state index in [2.05, 4.69) is 21.2 Å². The third-order valence-corrected chi connectivity index (χ3v) is 1.41. The van der Waals surface area contributed by atoms with Crippen molar-refractivity contribution in [2.45, 2.75) is 0 Å². The van der Waals surface area contributed by atoms with Crippen LogP contribution in [0.1, 0.15) is 10.5 Å². The molecule has 66 valence electrons. The zero-order valence-electron chi connectivity index (χ0n) is 7.15. The van der Waals surface area contributed by atoms with Crippen LogP contribution < -0.4 is 11.3 Å². The summed E-state index contributed by atoms with van der Waals surface area (Å²) in [6.45, 7) is 4.96. The SMILES string of the molecule is C=Bc1cnc(N)c(C(=O)OC)n1.